The average Bonchev–Trinajstić information content (AvgIpc) is 2.75. The molecule has 1 heterocycles. The molecule has 0 bridgehead atoms. The van der Waals surface area contributed by atoms with Crippen LogP contribution in [0.3, 0.4) is 0 Å². The van der Waals surface area contributed by atoms with Crippen molar-refractivity contribution in [3.63, 3.8) is 0 Å². The summed E-state index contributed by atoms with van der Waals surface area (Å²) in [6.45, 7) is 3.61. The molecule has 2 rings (SSSR count). The summed E-state index contributed by atoms with van der Waals surface area (Å²) in [5, 5.41) is 0.721. The van der Waals surface area contributed by atoms with Gasteiger partial charge in [0.1, 0.15) is 5.69 Å². The Morgan fingerprint density at radius 2 is 2.05 bits per heavy atom. The van der Waals surface area contributed by atoms with Gasteiger partial charge in [0.05, 0.1) is 24.2 Å². The molecular formula is C16H15NO3. The highest BCUT2D eigenvalue weighted by molar-refractivity contribution is 6.14. The molecule has 0 atom stereocenters. The van der Waals surface area contributed by atoms with E-state index in [2.05, 4.69) is 5.92 Å². The van der Waals surface area contributed by atoms with Gasteiger partial charge < -0.3 is 9.30 Å². The first-order valence-corrected chi connectivity index (χ1v) is 6.34. The highest BCUT2D eigenvalue weighted by atomic mass is 16.5. The number of terminal acetylenes is 1. The van der Waals surface area contributed by atoms with Gasteiger partial charge in [-0.3, -0.25) is 4.79 Å². The number of nitrogens with zero attached hydrogens (tertiary/aromatic N) is 1. The molecule has 1 aromatic heterocycles. The number of ether oxygens (including phenoxy) is 1. The Kier molecular flexibility index (Phi) is 3.90. The predicted octanol–water partition coefficient (Wildman–Crippen LogP) is 2.65. The number of aromatic nitrogens is 1. The Bertz CT molecular complexity index is 719. The zero-order chi connectivity index (χ0) is 14.7. The molecule has 20 heavy (non-hydrogen) atoms. The number of hydrogen-bond donors (Lipinski definition) is 0. The van der Waals surface area contributed by atoms with E-state index in [4.69, 9.17) is 11.2 Å². The number of hydrogen-bond acceptors (Lipinski definition) is 3. The second-order valence-electron chi connectivity index (χ2n) is 4.31. The lowest BCUT2D eigenvalue weighted by Gasteiger charge is -2.07. The molecular weight excluding hydrogens is 254 g/mol. The van der Waals surface area contributed by atoms with Crippen LogP contribution in [-0.2, 0) is 11.3 Å². The lowest BCUT2D eigenvalue weighted by atomic mass is 10.1. The number of fused-ring (bicyclic) bond motifs is 1. The third-order valence-electron chi connectivity index (χ3n) is 3.04. The van der Waals surface area contributed by atoms with Gasteiger partial charge in [-0.25, -0.2) is 4.79 Å². The van der Waals surface area contributed by atoms with Crippen LogP contribution in [0, 0.1) is 12.3 Å². The molecule has 0 saturated carbocycles. The molecule has 0 radical (unpaired) electrons. The molecule has 0 N–H and O–H groups in total. The predicted molar refractivity (Wildman–Crippen MR) is 76.7 cm³/mol. The van der Waals surface area contributed by atoms with Crippen molar-refractivity contribution < 1.29 is 14.3 Å². The Balaban J connectivity index is 2.83. The summed E-state index contributed by atoms with van der Waals surface area (Å²) in [6, 6.07) is 7.31. The number of esters is 1. The van der Waals surface area contributed by atoms with Gasteiger partial charge >= 0.3 is 5.97 Å². The molecule has 0 aliphatic rings. The number of Topliss-reactive ketones (excluding diaryl/α,β-unsaturated/α-hetero) is 1. The van der Waals surface area contributed by atoms with Crippen LogP contribution in [0.25, 0.3) is 10.9 Å². The van der Waals surface area contributed by atoms with E-state index in [0.29, 0.717) is 5.56 Å². The minimum atomic E-state index is -0.524. The first-order chi connectivity index (χ1) is 9.61. The van der Waals surface area contributed by atoms with Gasteiger partial charge in [0.2, 0.25) is 0 Å². The third-order valence-corrected chi connectivity index (χ3v) is 3.04. The van der Waals surface area contributed by atoms with Gasteiger partial charge in [-0.1, -0.05) is 24.1 Å². The van der Waals surface area contributed by atoms with Crippen LogP contribution < -0.4 is 0 Å². The van der Waals surface area contributed by atoms with Crippen molar-refractivity contribution in [2.75, 3.05) is 6.61 Å². The van der Waals surface area contributed by atoms with Crippen molar-refractivity contribution >= 4 is 22.7 Å². The van der Waals surface area contributed by atoms with E-state index >= 15 is 0 Å². The summed E-state index contributed by atoms with van der Waals surface area (Å²) < 4.78 is 6.71. The van der Waals surface area contributed by atoms with Crippen LogP contribution >= 0.6 is 0 Å². The fourth-order valence-electron chi connectivity index (χ4n) is 2.33. The van der Waals surface area contributed by atoms with Gasteiger partial charge in [0, 0.05) is 5.39 Å². The van der Waals surface area contributed by atoms with Crippen molar-refractivity contribution in [3.8, 4) is 12.3 Å². The van der Waals surface area contributed by atoms with E-state index in [9.17, 15) is 9.59 Å². The summed E-state index contributed by atoms with van der Waals surface area (Å²) in [6.07, 6.45) is 5.37. The lowest BCUT2D eigenvalue weighted by molar-refractivity contribution is 0.0512. The van der Waals surface area contributed by atoms with E-state index in [0.717, 1.165) is 10.9 Å². The van der Waals surface area contributed by atoms with Crippen LogP contribution in [0.2, 0.25) is 0 Å². The highest BCUT2D eigenvalue weighted by Crippen LogP contribution is 2.27. The van der Waals surface area contributed by atoms with E-state index < -0.39 is 5.97 Å². The van der Waals surface area contributed by atoms with Crippen LogP contribution in [0.15, 0.2) is 24.3 Å². The van der Waals surface area contributed by atoms with Gasteiger partial charge in [-0.15, -0.1) is 6.42 Å². The number of rotatable bonds is 4. The SMILES string of the molecule is C#CCn1c(C(=O)OCC)c(C(C)=O)c2ccccc21. The number of benzene rings is 1. The Morgan fingerprint density at radius 1 is 1.35 bits per heavy atom. The Morgan fingerprint density at radius 3 is 2.65 bits per heavy atom. The number of ketones is 1. The van der Waals surface area contributed by atoms with Crippen LogP contribution in [0.5, 0.6) is 0 Å². The molecule has 4 nitrogen and oxygen atoms in total. The zero-order valence-electron chi connectivity index (χ0n) is 11.5. The molecule has 4 heteroatoms. The maximum Gasteiger partial charge on any atom is 0.355 e. The summed E-state index contributed by atoms with van der Waals surface area (Å²) >= 11 is 0. The smallest absolute Gasteiger partial charge is 0.355 e. The third kappa shape index (κ3) is 2.19. The van der Waals surface area contributed by atoms with E-state index in [-0.39, 0.29) is 24.6 Å². The summed E-state index contributed by atoms with van der Waals surface area (Å²) in [5.41, 5.74) is 1.37. The van der Waals surface area contributed by atoms with Crippen molar-refractivity contribution in [2.24, 2.45) is 0 Å². The number of para-hydroxylation sites is 1. The summed E-state index contributed by atoms with van der Waals surface area (Å²) in [5.74, 6) is 1.81. The molecule has 0 aliphatic heterocycles. The standard InChI is InChI=1S/C16H15NO3/c1-4-10-17-13-9-7-6-8-12(13)14(11(3)18)15(17)16(19)20-5-2/h1,6-9H,5,10H2,2-3H3. The quantitative estimate of drug-likeness (QED) is 0.487. The summed E-state index contributed by atoms with van der Waals surface area (Å²) in [7, 11) is 0. The van der Waals surface area contributed by atoms with E-state index in [1.165, 1.54) is 6.92 Å². The Hall–Kier alpha value is -2.54. The first-order valence-electron chi connectivity index (χ1n) is 6.34. The van der Waals surface area contributed by atoms with Gasteiger partial charge in [0.15, 0.2) is 5.78 Å². The molecule has 0 aliphatic carbocycles. The van der Waals surface area contributed by atoms with Crippen molar-refractivity contribution in [1.29, 1.82) is 0 Å². The second kappa shape index (κ2) is 5.62. The maximum absolute atomic E-state index is 12.2. The number of carbonyl (C=O) groups is 2. The molecule has 102 valence electrons. The Labute approximate surface area is 117 Å². The fourth-order valence-corrected chi connectivity index (χ4v) is 2.33. The van der Waals surface area contributed by atoms with Crippen LogP contribution in [0.1, 0.15) is 34.7 Å². The fraction of sp³-hybridized carbons (Fsp3) is 0.250. The van der Waals surface area contributed by atoms with Crippen molar-refractivity contribution in [3.05, 3.63) is 35.5 Å². The minimum Gasteiger partial charge on any atom is -0.461 e. The molecule has 0 unspecified atom stereocenters. The first kappa shape index (κ1) is 13.9. The van der Waals surface area contributed by atoms with Gasteiger partial charge in [-0.05, 0) is 19.9 Å². The molecule has 2 aromatic rings. The van der Waals surface area contributed by atoms with Crippen LogP contribution in [0.4, 0.5) is 0 Å². The van der Waals surface area contributed by atoms with Gasteiger partial charge in [0.25, 0.3) is 0 Å². The molecule has 1 aromatic carbocycles. The number of carbonyl (C=O) groups excluding carboxylic acids is 2. The minimum absolute atomic E-state index is 0.181. The van der Waals surface area contributed by atoms with Gasteiger partial charge in [-0.2, -0.15) is 0 Å². The second-order valence-corrected chi connectivity index (χ2v) is 4.31. The molecule has 0 spiro atoms. The monoisotopic (exact) mass is 269 g/mol. The zero-order valence-corrected chi connectivity index (χ0v) is 11.5. The van der Waals surface area contributed by atoms with Crippen molar-refractivity contribution in [1.82, 2.24) is 4.57 Å². The van der Waals surface area contributed by atoms with E-state index in [1.54, 1.807) is 11.5 Å². The topological polar surface area (TPSA) is 48.3 Å². The average molecular weight is 269 g/mol. The summed E-state index contributed by atoms with van der Waals surface area (Å²) in [4.78, 5) is 24.1. The van der Waals surface area contributed by atoms with Crippen LogP contribution in [-0.4, -0.2) is 22.9 Å². The van der Waals surface area contributed by atoms with E-state index in [1.807, 2.05) is 24.3 Å². The molecule has 0 fully saturated rings. The maximum atomic E-state index is 12.2. The largest absolute Gasteiger partial charge is 0.461 e. The lowest BCUT2D eigenvalue weighted by Crippen LogP contribution is -2.15. The molecule has 0 saturated heterocycles. The van der Waals surface area contributed by atoms with Crippen molar-refractivity contribution in [2.45, 2.75) is 20.4 Å². The molecule has 0 amide bonds. The highest BCUT2D eigenvalue weighted by Gasteiger charge is 2.25. The normalized spacial score (nSPS) is 10.2.